The minimum absolute atomic E-state index is 0.123. The lowest BCUT2D eigenvalue weighted by Gasteiger charge is -2.28. The summed E-state index contributed by atoms with van der Waals surface area (Å²) in [6.07, 6.45) is 0. The first-order chi connectivity index (χ1) is 9.63. The summed E-state index contributed by atoms with van der Waals surface area (Å²) < 4.78 is 0. The first kappa shape index (κ1) is 13.5. The van der Waals surface area contributed by atoms with E-state index in [4.69, 9.17) is 23.2 Å². The Morgan fingerprint density at radius 3 is 2.10 bits per heavy atom. The van der Waals surface area contributed by atoms with Crippen LogP contribution in [-0.4, -0.2) is 13.0 Å². The third-order valence-corrected chi connectivity index (χ3v) is 4.60. The highest BCUT2D eigenvalue weighted by molar-refractivity contribution is 6.26. The molecule has 0 spiro atoms. The number of rotatable bonds is 1. The summed E-state index contributed by atoms with van der Waals surface area (Å²) in [4.78, 5) is 11.7. The van der Waals surface area contributed by atoms with Crippen molar-refractivity contribution < 1.29 is 4.79 Å². The molecule has 1 aliphatic rings. The van der Waals surface area contributed by atoms with Crippen LogP contribution in [0.5, 0.6) is 0 Å². The lowest BCUT2D eigenvalue weighted by atomic mass is 9.84. The molecular formula is C16H13Cl2NO. The van der Waals surface area contributed by atoms with E-state index in [0.717, 1.165) is 22.3 Å². The van der Waals surface area contributed by atoms with E-state index in [9.17, 15) is 4.79 Å². The fraction of sp³-hybridized carbons (Fsp3) is 0.188. The third kappa shape index (κ3) is 2.00. The minimum Gasteiger partial charge on any atom is -0.355 e. The Balaban J connectivity index is 2.15. The normalized spacial score (nSPS) is 19.9. The van der Waals surface area contributed by atoms with Crippen LogP contribution in [0.25, 0.3) is 0 Å². The number of carbonyl (C=O) groups is 1. The predicted molar refractivity (Wildman–Crippen MR) is 81.7 cm³/mol. The van der Waals surface area contributed by atoms with Crippen LogP contribution in [0.15, 0.2) is 42.5 Å². The molecule has 0 fully saturated rings. The first-order valence-corrected chi connectivity index (χ1v) is 7.23. The van der Waals surface area contributed by atoms with Crippen molar-refractivity contribution in [1.29, 1.82) is 0 Å². The number of fused-ring (bicyclic) bond motifs is 2. The Hall–Kier alpha value is -1.51. The summed E-state index contributed by atoms with van der Waals surface area (Å²) in [5.41, 5.74) is 4.52. The van der Waals surface area contributed by atoms with Gasteiger partial charge in [-0.1, -0.05) is 30.3 Å². The lowest BCUT2D eigenvalue weighted by molar-refractivity contribution is 0.0963. The number of halogens is 2. The van der Waals surface area contributed by atoms with E-state index in [1.54, 1.807) is 13.1 Å². The molecule has 1 amide bonds. The lowest BCUT2D eigenvalue weighted by Crippen LogP contribution is -2.19. The Labute approximate surface area is 127 Å². The Kier molecular flexibility index (Phi) is 3.45. The molecular weight excluding hydrogens is 293 g/mol. The van der Waals surface area contributed by atoms with Crippen LogP contribution in [0.1, 0.15) is 43.4 Å². The summed E-state index contributed by atoms with van der Waals surface area (Å²) >= 11 is 13.1. The molecule has 1 aliphatic carbocycles. The summed E-state index contributed by atoms with van der Waals surface area (Å²) in [6, 6.07) is 13.4. The molecule has 0 radical (unpaired) electrons. The van der Waals surface area contributed by atoms with Gasteiger partial charge in [0, 0.05) is 12.6 Å². The summed E-state index contributed by atoms with van der Waals surface area (Å²) in [7, 11) is 1.61. The zero-order valence-electron chi connectivity index (χ0n) is 10.9. The van der Waals surface area contributed by atoms with E-state index in [2.05, 4.69) is 5.32 Å². The number of hydrogen-bond donors (Lipinski definition) is 1. The van der Waals surface area contributed by atoms with Crippen LogP contribution in [0, 0.1) is 0 Å². The zero-order valence-corrected chi connectivity index (χ0v) is 12.4. The maximum atomic E-state index is 11.7. The second kappa shape index (κ2) is 5.12. The Morgan fingerprint density at radius 2 is 1.50 bits per heavy atom. The van der Waals surface area contributed by atoms with E-state index < -0.39 is 0 Å². The van der Waals surface area contributed by atoms with Gasteiger partial charge in [0.15, 0.2) is 0 Å². The molecule has 2 aromatic rings. The quantitative estimate of drug-likeness (QED) is 0.792. The molecule has 4 heteroatoms. The molecule has 0 saturated heterocycles. The average Bonchev–Trinajstić information content (AvgIpc) is 2.51. The third-order valence-electron chi connectivity index (χ3n) is 3.66. The van der Waals surface area contributed by atoms with Gasteiger partial charge < -0.3 is 5.32 Å². The van der Waals surface area contributed by atoms with Gasteiger partial charge in [0.05, 0.1) is 10.8 Å². The molecule has 20 heavy (non-hydrogen) atoms. The van der Waals surface area contributed by atoms with Crippen molar-refractivity contribution >= 4 is 29.1 Å². The van der Waals surface area contributed by atoms with Gasteiger partial charge in [-0.3, -0.25) is 4.79 Å². The largest absolute Gasteiger partial charge is 0.355 e. The molecule has 0 unspecified atom stereocenters. The van der Waals surface area contributed by atoms with E-state index in [1.807, 2.05) is 36.4 Å². The van der Waals surface area contributed by atoms with Crippen molar-refractivity contribution in [2.45, 2.75) is 10.8 Å². The molecule has 2 nitrogen and oxygen atoms in total. The maximum absolute atomic E-state index is 11.7. The van der Waals surface area contributed by atoms with Gasteiger partial charge >= 0.3 is 0 Å². The molecule has 1 N–H and O–H groups in total. The molecule has 0 aliphatic heterocycles. The second-order valence-electron chi connectivity index (χ2n) is 4.78. The van der Waals surface area contributed by atoms with Gasteiger partial charge in [-0.15, -0.1) is 23.2 Å². The highest BCUT2D eigenvalue weighted by Gasteiger charge is 2.30. The van der Waals surface area contributed by atoms with Gasteiger partial charge in [0.2, 0.25) is 0 Å². The Bertz CT molecular complexity index is 684. The van der Waals surface area contributed by atoms with Crippen LogP contribution in [0.4, 0.5) is 0 Å². The van der Waals surface area contributed by atoms with Crippen molar-refractivity contribution in [2.75, 3.05) is 7.05 Å². The molecule has 2 atom stereocenters. The van der Waals surface area contributed by atoms with Crippen molar-refractivity contribution in [1.82, 2.24) is 5.32 Å². The van der Waals surface area contributed by atoms with E-state index in [-0.39, 0.29) is 16.7 Å². The number of hydrogen-bond acceptors (Lipinski definition) is 1. The molecule has 0 heterocycles. The van der Waals surface area contributed by atoms with Gasteiger partial charge in [0.1, 0.15) is 0 Å². The van der Waals surface area contributed by atoms with Crippen LogP contribution >= 0.6 is 23.2 Å². The number of benzene rings is 2. The average molecular weight is 306 g/mol. The summed E-state index contributed by atoms with van der Waals surface area (Å²) in [6.45, 7) is 0. The van der Waals surface area contributed by atoms with Crippen molar-refractivity contribution in [3.8, 4) is 0 Å². The van der Waals surface area contributed by atoms with E-state index >= 15 is 0 Å². The minimum atomic E-state index is -0.277. The van der Waals surface area contributed by atoms with Gasteiger partial charge in [-0.2, -0.15) is 0 Å². The predicted octanol–water partition coefficient (Wildman–Crippen LogP) is 4.02. The van der Waals surface area contributed by atoms with Crippen LogP contribution in [-0.2, 0) is 0 Å². The SMILES string of the molecule is CNC(=O)c1ccc2c(c1)[C@H](Cl)c1ccccc1[C@@H]2Cl. The molecule has 2 aromatic carbocycles. The van der Waals surface area contributed by atoms with Crippen LogP contribution < -0.4 is 5.32 Å². The van der Waals surface area contributed by atoms with Crippen LogP contribution in [0.3, 0.4) is 0 Å². The topological polar surface area (TPSA) is 29.1 Å². The molecule has 102 valence electrons. The van der Waals surface area contributed by atoms with E-state index in [1.165, 1.54) is 0 Å². The zero-order chi connectivity index (χ0) is 14.3. The van der Waals surface area contributed by atoms with Gasteiger partial charge in [0.25, 0.3) is 5.91 Å². The fourth-order valence-corrected chi connectivity index (χ4v) is 3.40. The number of alkyl halides is 2. The fourth-order valence-electron chi connectivity index (χ4n) is 2.62. The Morgan fingerprint density at radius 1 is 0.950 bits per heavy atom. The molecule has 0 bridgehead atoms. The monoisotopic (exact) mass is 305 g/mol. The smallest absolute Gasteiger partial charge is 0.251 e. The van der Waals surface area contributed by atoms with Crippen molar-refractivity contribution in [3.63, 3.8) is 0 Å². The summed E-state index contributed by atoms with van der Waals surface area (Å²) in [5.74, 6) is -0.123. The highest BCUT2D eigenvalue weighted by atomic mass is 35.5. The highest BCUT2D eigenvalue weighted by Crippen LogP contribution is 2.46. The van der Waals surface area contributed by atoms with Gasteiger partial charge in [-0.05, 0) is 34.4 Å². The molecule has 0 aromatic heterocycles. The van der Waals surface area contributed by atoms with Crippen molar-refractivity contribution in [2.24, 2.45) is 0 Å². The second-order valence-corrected chi connectivity index (χ2v) is 5.65. The van der Waals surface area contributed by atoms with Crippen LogP contribution in [0.2, 0.25) is 0 Å². The summed E-state index contributed by atoms with van der Waals surface area (Å²) in [5, 5.41) is 2.11. The van der Waals surface area contributed by atoms with Gasteiger partial charge in [-0.25, -0.2) is 0 Å². The first-order valence-electron chi connectivity index (χ1n) is 6.36. The maximum Gasteiger partial charge on any atom is 0.251 e. The number of nitrogens with one attached hydrogen (secondary N) is 1. The number of carbonyl (C=O) groups excluding carboxylic acids is 1. The standard InChI is InChI=1S/C16H13Cl2NO/c1-19-16(20)9-6-7-12-13(8-9)15(18)11-5-3-2-4-10(11)14(12)17/h2-8,14-15H,1H3,(H,19,20)/t14-,15+/m0/s1. The molecule has 0 saturated carbocycles. The number of amides is 1. The van der Waals surface area contributed by atoms with Crippen molar-refractivity contribution in [3.05, 3.63) is 70.3 Å². The molecule has 3 rings (SSSR count). The van der Waals surface area contributed by atoms with E-state index in [0.29, 0.717) is 5.56 Å².